The van der Waals surface area contributed by atoms with Crippen LogP contribution in [0.2, 0.25) is 0 Å². The molecule has 4 nitrogen and oxygen atoms in total. The molecule has 1 aromatic heterocycles. The van der Waals surface area contributed by atoms with Gasteiger partial charge in [-0.1, -0.05) is 30.3 Å². The van der Waals surface area contributed by atoms with Crippen molar-refractivity contribution >= 4 is 5.91 Å². The van der Waals surface area contributed by atoms with Crippen LogP contribution in [0.15, 0.2) is 47.1 Å². The summed E-state index contributed by atoms with van der Waals surface area (Å²) in [4.78, 5) is 11.9. The fourth-order valence-electron chi connectivity index (χ4n) is 1.68. The normalized spacial score (nSPS) is 10.3. The van der Waals surface area contributed by atoms with Gasteiger partial charge in [-0.3, -0.25) is 4.79 Å². The van der Waals surface area contributed by atoms with Gasteiger partial charge in [0.1, 0.15) is 0 Å². The average Bonchev–Trinajstić information content (AvgIpc) is 2.89. The van der Waals surface area contributed by atoms with Crippen molar-refractivity contribution in [1.29, 1.82) is 0 Å². The number of nitrogens with one attached hydrogen (secondary N) is 1. The van der Waals surface area contributed by atoms with E-state index in [-0.39, 0.29) is 5.91 Å². The summed E-state index contributed by atoms with van der Waals surface area (Å²) in [5.74, 6) is 0.105. The summed E-state index contributed by atoms with van der Waals surface area (Å²) in [7, 11) is 1.59. The highest BCUT2D eigenvalue weighted by molar-refractivity contribution is 5.98. The molecule has 0 aliphatic carbocycles. The van der Waals surface area contributed by atoms with E-state index >= 15 is 0 Å². The predicted molar refractivity (Wildman–Crippen MR) is 68.4 cm³/mol. The second-order valence-electron chi connectivity index (χ2n) is 3.78. The number of ether oxygens (including phenoxy) is 1. The molecule has 0 saturated carbocycles. The first-order chi connectivity index (χ1) is 8.83. The van der Waals surface area contributed by atoms with E-state index in [9.17, 15) is 4.79 Å². The molecule has 0 radical (unpaired) electrons. The second-order valence-corrected chi connectivity index (χ2v) is 3.78. The monoisotopic (exact) mass is 245 g/mol. The number of amides is 1. The molecule has 1 aromatic carbocycles. The Morgan fingerprint density at radius 1 is 1.28 bits per heavy atom. The lowest BCUT2D eigenvalue weighted by Crippen LogP contribution is -2.26. The molecule has 18 heavy (non-hydrogen) atoms. The van der Waals surface area contributed by atoms with E-state index in [1.54, 1.807) is 13.2 Å². The van der Waals surface area contributed by atoms with Crippen LogP contribution in [0.3, 0.4) is 0 Å². The molecule has 4 heteroatoms. The van der Waals surface area contributed by atoms with Gasteiger partial charge >= 0.3 is 0 Å². The molecule has 0 saturated heterocycles. The topological polar surface area (TPSA) is 51.5 Å². The first kappa shape index (κ1) is 12.4. The predicted octanol–water partition coefficient (Wildman–Crippen LogP) is 2.32. The maximum absolute atomic E-state index is 11.9. The fraction of sp³-hybridized carbons (Fsp3) is 0.214. The van der Waals surface area contributed by atoms with Gasteiger partial charge < -0.3 is 14.5 Å². The SMILES string of the molecule is COCCNC(=O)c1occc1-c1ccccc1. The van der Waals surface area contributed by atoms with E-state index in [4.69, 9.17) is 9.15 Å². The van der Waals surface area contributed by atoms with E-state index < -0.39 is 0 Å². The van der Waals surface area contributed by atoms with Gasteiger partial charge in [-0.2, -0.15) is 0 Å². The van der Waals surface area contributed by atoms with Crippen LogP contribution < -0.4 is 5.32 Å². The zero-order valence-electron chi connectivity index (χ0n) is 10.2. The Morgan fingerprint density at radius 3 is 2.78 bits per heavy atom. The van der Waals surface area contributed by atoms with Crippen molar-refractivity contribution < 1.29 is 13.9 Å². The minimum Gasteiger partial charge on any atom is -0.459 e. The summed E-state index contributed by atoms with van der Waals surface area (Å²) in [5.41, 5.74) is 1.76. The zero-order valence-corrected chi connectivity index (χ0v) is 10.2. The first-order valence-corrected chi connectivity index (χ1v) is 5.73. The van der Waals surface area contributed by atoms with Gasteiger partial charge in [-0.05, 0) is 11.6 Å². The van der Waals surface area contributed by atoms with E-state index in [1.807, 2.05) is 30.3 Å². The number of carbonyl (C=O) groups is 1. The summed E-state index contributed by atoms with van der Waals surface area (Å²) in [6.07, 6.45) is 1.52. The van der Waals surface area contributed by atoms with E-state index in [2.05, 4.69) is 5.32 Å². The Kier molecular flexibility index (Phi) is 4.15. The van der Waals surface area contributed by atoms with Crippen LogP contribution in [0.5, 0.6) is 0 Å². The van der Waals surface area contributed by atoms with Crippen molar-refractivity contribution in [1.82, 2.24) is 5.32 Å². The van der Waals surface area contributed by atoms with Crippen molar-refractivity contribution in [3.8, 4) is 11.1 Å². The summed E-state index contributed by atoms with van der Waals surface area (Å²) in [6, 6.07) is 11.5. The maximum atomic E-state index is 11.9. The van der Waals surface area contributed by atoms with Crippen LogP contribution >= 0.6 is 0 Å². The molecular weight excluding hydrogens is 230 g/mol. The number of furan rings is 1. The fourth-order valence-corrected chi connectivity index (χ4v) is 1.68. The lowest BCUT2D eigenvalue weighted by Gasteiger charge is -2.04. The minimum absolute atomic E-state index is 0.226. The molecule has 2 aromatic rings. The molecule has 0 atom stereocenters. The molecule has 1 amide bonds. The molecule has 0 spiro atoms. The highest BCUT2D eigenvalue weighted by Gasteiger charge is 2.15. The standard InChI is InChI=1S/C14H15NO3/c1-17-10-8-15-14(16)13-12(7-9-18-13)11-5-3-2-4-6-11/h2-7,9H,8,10H2,1H3,(H,15,16). The van der Waals surface area contributed by atoms with Gasteiger partial charge in [0.15, 0.2) is 5.76 Å². The largest absolute Gasteiger partial charge is 0.459 e. The Hall–Kier alpha value is -2.07. The van der Waals surface area contributed by atoms with Crippen molar-refractivity contribution in [3.05, 3.63) is 48.4 Å². The highest BCUT2D eigenvalue weighted by Crippen LogP contribution is 2.24. The Morgan fingerprint density at radius 2 is 2.06 bits per heavy atom. The molecule has 0 aliphatic heterocycles. The molecule has 1 N–H and O–H groups in total. The summed E-state index contributed by atoms with van der Waals surface area (Å²) >= 11 is 0. The molecule has 0 bridgehead atoms. The highest BCUT2D eigenvalue weighted by atomic mass is 16.5. The molecular formula is C14H15NO3. The summed E-state index contributed by atoms with van der Waals surface area (Å²) in [6.45, 7) is 0.942. The van der Waals surface area contributed by atoms with Crippen LogP contribution in [0, 0.1) is 0 Å². The number of benzene rings is 1. The number of methoxy groups -OCH3 is 1. The molecule has 1 heterocycles. The van der Waals surface area contributed by atoms with Gasteiger partial charge in [0.2, 0.25) is 0 Å². The smallest absolute Gasteiger partial charge is 0.287 e. The van der Waals surface area contributed by atoms with Crippen LogP contribution in [0.1, 0.15) is 10.6 Å². The number of hydrogen-bond acceptors (Lipinski definition) is 3. The van der Waals surface area contributed by atoms with Crippen molar-refractivity contribution in [3.63, 3.8) is 0 Å². The Bertz CT molecular complexity index is 505. The molecule has 0 aliphatic rings. The third-order valence-corrected chi connectivity index (χ3v) is 2.55. The molecule has 0 unspecified atom stereocenters. The van der Waals surface area contributed by atoms with Crippen LogP contribution in [-0.4, -0.2) is 26.2 Å². The number of hydrogen-bond donors (Lipinski definition) is 1. The van der Waals surface area contributed by atoms with Crippen LogP contribution in [-0.2, 0) is 4.74 Å². The van der Waals surface area contributed by atoms with Gasteiger partial charge in [0.05, 0.1) is 12.9 Å². The van der Waals surface area contributed by atoms with Crippen LogP contribution in [0.25, 0.3) is 11.1 Å². The van der Waals surface area contributed by atoms with Crippen molar-refractivity contribution in [2.24, 2.45) is 0 Å². The minimum atomic E-state index is -0.226. The summed E-state index contributed by atoms with van der Waals surface area (Å²) < 4.78 is 10.1. The van der Waals surface area contributed by atoms with Gasteiger partial charge in [-0.15, -0.1) is 0 Å². The van der Waals surface area contributed by atoms with E-state index in [0.29, 0.717) is 18.9 Å². The number of rotatable bonds is 5. The van der Waals surface area contributed by atoms with E-state index in [0.717, 1.165) is 11.1 Å². The average molecular weight is 245 g/mol. The van der Waals surface area contributed by atoms with Gasteiger partial charge in [0.25, 0.3) is 5.91 Å². The second kappa shape index (κ2) is 6.02. The molecule has 2 rings (SSSR count). The Labute approximate surface area is 106 Å². The summed E-state index contributed by atoms with van der Waals surface area (Å²) in [5, 5.41) is 2.74. The van der Waals surface area contributed by atoms with Crippen molar-refractivity contribution in [2.45, 2.75) is 0 Å². The van der Waals surface area contributed by atoms with E-state index in [1.165, 1.54) is 6.26 Å². The van der Waals surface area contributed by atoms with Gasteiger partial charge in [0, 0.05) is 19.2 Å². The van der Waals surface area contributed by atoms with Gasteiger partial charge in [-0.25, -0.2) is 0 Å². The third kappa shape index (κ3) is 2.78. The number of carbonyl (C=O) groups excluding carboxylic acids is 1. The van der Waals surface area contributed by atoms with Crippen molar-refractivity contribution in [2.75, 3.05) is 20.3 Å². The van der Waals surface area contributed by atoms with Crippen LogP contribution in [0.4, 0.5) is 0 Å². The molecule has 94 valence electrons. The third-order valence-electron chi connectivity index (χ3n) is 2.55. The quantitative estimate of drug-likeness (QED) is 0.822. The maximum Gasteiger partial charge on any atom is 0.287 e. The lowest BCUT2D eigenvalue weighted by atomic mass is 10.1. The zero-order chi connectivity index (χ0) is 12.8. The lowest BCUT2D eigenvalue weighted by molar-refractivity contribution is 0.0910. The first-order valence-electron chi connectivity index (χ1n) is 5.73. The Balaban J connectivity index is 2.15. The molecule has 0 fully saturated rings.